The Morgan fingerprint density at radius 1 is 0.875 bits per heavy atom. The van der Waals surface area contributed by atoms with Crippen molar-refractivity contribution in [1.82, 2.24) is 0 Å². The first kappa shape index (κ1) is 20.3. The van der Waals surface area contributed by atoms with Gasteiger partial charge in [-0.05, 0) is 50.2 Å². The van der Waals surface area contributed by atoms with Gasteiger partial charge in [-0.2, -0.15) is 0 Å². The highest BCUT2D eigenvalue weighted by Crippen LogP contribution is 2.53. The van der Waals surface area contributed by atoms with Crippen LogP contribution in [-0.2, 0) is 25.0 Å². The highest BCUT2D eigenvalue weighted by Gasteiger charge is 2.62. The fraction of sp³-hybridized carbons (Fsp3) is 0.167. The summed E-state index contributed by atoms with van der Waals surface area (Å²) in [5, 5.41) is 0. The number of likely N-dealkylation sites (N-methyl/N-ethyl adjacent to an activating group) is 1. The van der Waals surface area contributed by atoms with Crippen molar-refractivity contribution in [3.8, 4) is 5.75 Å². The number of hydrogen-bond donors (Lipinski definition) is 1. The Bertz CT molecular complexity index is 1410. The third kappa shape index (κ3) is 2.69. The molecule has 1 N–H and O–H groups in total. The molecule has 1 atom stereocenters. The molecule has 0 saturated carbocycles. The van der Waals surface area contributed by atoms with Gasteiger partial charge >= 0.3 is 5.97 Å². The maximum atomic E-state index is 13.4. The molecular weight excluding hydrogens is 428 g/mol. The number of esters is 1. The molecule has 2 aliphatic rings. The Balaban J connectivity index is 1.64. The molecule has 1 amide bonds. The van der Waals surface area contributed by atoms with Gasteiger partial charge in [0, 0.05) is 29.5 Å². The highest BCUT2D eigenvalue weighted by atomic mass is 32.2. The van der Waals surface area contributed by atoms with Crippen LogP contribution in [0.1, 0.15) is 22.3 Å². The molecule has 7 nitrogen and oxygen atoms in total. The summed E-state index contributed by atoms with van der Waals surface area (Å²) in [5.74, 6) is -0.878. The second kappa shape index (κ2) is 6.67. The number of rotatable bonds is 3. The van der Waals surface area contributed by atoms with Crippen LogP contribution in [0.3, 0.4) is 0 Å². The van der Waals surface area contributed by atoms with E-state index in [4.69, 9.17) is 4.74 Å². The van der Waals surface area contributed by atoms with Crippen molar-refractivity contribution < 1.29 is 22.7 Å². The second-order valence-electron chi connectivity index (χ2n) is 8.15. The van der Waals surface area contributed by atoms with Crippen molar-refractivity contribution in [1.29, 1.82) is 0 Å². The maximum absolute atomic E-state index is 13.4. The number of nitrogens with zero attached hydrogens (tertiary/aromatic N) is 1. The molecule has 0 saturated heterocycles. The van der Waals surface area contributed by atoms with Crippen molar-refractivity contribution in [3.63, 3.8) is 0 Å². The molecule has 8 heteroatoms. The number of sulfonamides is 1. The number of amides is 1. The third-order valence-corrected chi connectivity index (χ3v) is 7.42. The van der Waals surface area contributed by atoms with Gasteiger partial charge in [0.15, 0.2) is 0 Å². The lowest BCUT2D eigenvalue weighted by Crippen LogP contribution is -2.44. The van der Waals surface area contributed by atoms with Crippen LogP contribution in [0.4, 0.5) is 11.4 Å². The average molecular weight is 449 g/mol. The van der Waals surface area contributed by atoms with E-state index in [0.29, 0.717) is 16.8 Å². The zero-order valence-corrected chi connectivity index (χ0v) is 18.5. The van der Waals surface area contributed by atoms with Gasteiger partial charge < -0.3 is 9.64 Å². The van der Waals surface area contributed by atoms with E-state index in [1.54, 1.807) is 31.3 Å². The monoisotopic (exact) mass is 448 g/mol. The minimum atomic E-state index is -3.86. The van der Waals surface area contributed by atoms with Crippen LogP contribution >= 0.6 is 0 Å². The molecule has 0 aliphatic carbocycles. The molecule has 0 bridgehead atoms. The Morgan fingerprint density at radius 3 is 2.28 bits per heavy atom. The SMILES string of the molecule is Cc1ccc(S(=O)(=O)Nc2ccc3c(c2)[C@@]2(C(=O)O3)C(=O)N(C)c3ccc(C)cc32)cc1. The van der Waals surface area contributed by atoms with Gasteiger partial charge in [-0.3, -0.25) is 9.52 Å². The normalized spacial score (nSPS) is 19.2. The summed E-state index contributed by atoms with van der Waals surface area (Å²) in [5.41, 5.74) is 1.90. The van der Waals surface area contributed by atoms with E-state index >= 15 is 0 Å². The molecule has 0 fully saturated rings. The average Bonchev–Trinajstić information content (AvgIpc) is 3.15. The van der Waals surface area contributed by atoms with Gasteiger partial charge in [0.2, 0.25) is 5.41 Å². The first-order valence-corrected chi connectivity index (χ1v) is 11.5. The van der Waals surface area contributed by atoms with Gasteiger partial charge in [-0.15, -0.1) is 0 Å². The van der Waals surface area contributed by atoms with Crippen LogP contribution in [0.15, 0.2) is 65.6 Å². The number of fused-ring (bicyclic) bond motifs is 4. The molecule has 3 aromatic carbocycles. The lowest BCUT2D eigenvalue weighted by atomic mass is 9.76. The topological polar surface area (TPSA) is 92.8 Å². The number of carbonyl (C=O) groups excluding carboxylic acids is 2. The summed E-state index contributed by atoms with van der Waals surface area (Å²) < 4.78 is 33.8. The summed E-state index contributed by atoms with van der Waals surface area (Å²) in [6, 6.07) is 16.5. The summed E-state index contributed by atoms with van der Waals surface area (Å²) in [6.07, 6.45) is 0. The Kier molecular flexibility index (Phi) is 4.22. The number of ether oxygens (including phenoxy) is 1. The Labute approximate surface area is 185 Å². The number of aryl methyl sites for hydroxylation is 2. The van der Waals surface area contributed by atoms with Crippen molar-refractivity contribution in [2.75, 3.05) is 16.7 Å². The van der Waals surface area contributed by atoms with Crippen molar-refractivity contribution in [3.05, 3.63) is 82.9 Å². The molecular formula is C24H20N2O5S. The molecule has 162 valence electrons. The Hall–Kier alpha value is -3.65. The largest absolute Gasteiger partial charge is 0.425 e. The molecule has 32 heavy (non-hydrogen) atoms. The zero-order valence-electron chi connectivity index (χ0n) is 17.7. The van der Waals surface area contributed by atoms with Crippen LogP contribution in [0.5, 0.6) is 5.75 Å². The Morgan fingerprint density at radius 2 is 1.56 bits per heavy atom. The summed E-state index contributed by atoms with van der Waals surface area (Å²) in [7, 11) is -2.25. The first-order chi connectivity index (χ1) is 15.1. The minimum Gasteiger partial charge on any atom is -0.425 e. The number of carbonyl (C=O) groups is 2. The maximum Gasteiger partial charge on any atom is 0.336 e. The molecule has 2 heterocycles. The van der Waals surface area contributed by atoms with Gasteiger partial charge in [0.25, 0.3) is 15.9 Å². The van der Waals surface area contributed by atoms with Crippen LogP contribution in [0, 0.1) is 13.8 Å². The van der Waals surface area contributed by atoms with Crippen LogP contribution in [-0.4, -0.2) is 27.3 Å². The summed E-state index contributed by atoms with van der Waals surface area (Å²) in [6.45, 7) is 3.75. The van der Waals surface area contributed by atoms with Crippen molar-refractivity contribution in [2.45, 2.75) is 24.2 Å². The van der Waals surface area contributed by atoms with E-state index in [9.17, 15) is 18.0 Å². The number of benzene rings is 3. The second-order valence-corrected chi connectivity index (χ2v) is 9.84. The van der Waals surface area contributed by atoms with E-state index in [1.807, 2.05) is 19.9 Å². The molecule has 3 aromatic rings. The van der Waals surface area contributed by atoms with Gasteiger partial charge in [0.1, 0.15) is 5.75 Å². The van der Waals surface area contributed by atoms with E-state index in [-0.39, 0.29) is 16.3 Å². The number of anilines is 2. The fourth-order valence-electron chi connectivity index (χ4n) is 4.37. The van der Waals surface area contributed by atoms with Crippen LogP contribution < -0.4 is 14.4 Å². The summed E-state index contributed by atoms with van der Waals surface area (Å²) in [4.78, 5) is 28.1. The smallest absolute Gasteiger partial charge is 0.336 e. The highest BCUT2D eigenvalue weighted by molar-refractivity contribution is 7.92. The lowest BCUT2D eigenvalue weighted by molar-refractivity contribution is -0.141. The molecule has 0 radical (unpaired) electrons. The predicted octanol–water partition coefficient (Wildman–Crippen LogP) is 3.29. The number of nitrogens with one attached hydrogen (secondary N) is 1. The first-order valence-electron chi connectivity index (χ1n) is 10.00. The third-order valence-electron chi connectivity index (χ3n) is 6.02. The quantitative estimate of drug-likeness (QED) is 0.377. The van der Waals surface area contributed by atoms with Crippen molar-refractivity contribution in [2.24, 2.45) is 0 Å². The van der Waals surface area contributed by atoms with E-state index in [1.165, 1.54) is 35.2 Å². The fourth-order valence-corrected chi connectivity index (χ4v) is 5.42. The predicted molar refractivity (Wildman–Crippen MR) is 119 cm³/mol. The molecule has 5 rings (SSSR count). The van der Waals surface area contributed by atoms with Gasteiger partial charge in [-0.1, -0.05) is 35.4 Å². The van der Waals surface area contributed by atoms with E-state index in [0.717, 1.165) is 11.1 Å². The van der Waals surface area contributed by atoms with Crippen molar-refractivity contribution >= 4 is 33.3 Å². The molecule has 0 aromatic heterocycles. The molecule has 0 unspecified atom stereocenters. The van der Waals surface area contributed by atoms with Gasteiger partial charge in [0.05, 0.1) is 4.90 Å². The standard InChI is InChI=1S/C24H20N2O5S/c1-14-4-8-17(9-5-14)32(29,30)25-16-7-11-21-19(13-16)24(23(28)31-21)18-12-15(2)6-10-20(18)26(3)22(24)27/h4-13,25H,1-3H3/t24-/m1/s1. The number of hydrogen-bond acceptors (Lipinski definition) is 5. The lowest BCUT2D eigenvalue weighted by Gasteiger charge is -2.20. The van der Waals surface area contributed by atoms with Crippen LogP contribution in [0.25, 0.3) is 0 Å². The van der Waals surface area contributed by atoms with E-state index < -0.39 is 27.3 Å². The van der Waals surface area contributed by atoms with Gasteiger partial charge in [-0.25, -0.2) is 13.2 Å². The zero-order chi connectivity index (χ0) is 22.8. The minimum absolute atomic E-state index is 0.114. The van der Waals surface area contributed by atoms with E-state index in [2.05, 4.69) is 4.72 Å². The molecule has 1 spiro atoms. The summed E-state index contributed by atoms with van der Waals surface area (Å²) >= 11 is 0. The van der Waals surface area contributed by atoms with Crippen LogP contribution in [0.2, 0.25) is 0 Å². The molecule has 2 aliphatic heterocycles.